The van der Waals surface area contributed by atoms with Gasteiger partial charge in [-0.25, -0.2) is 16.7 Å². The van der Waals surface area contributed by atoms with Crippen molar-refractivity contribution >= 4 is 20.7 Å². The quantitative estimate of drug-likeness (QED) is 0.255. The van der Waals surface area contributed by atoms with E-state index in [1.165, 1.54) is 0 Å². The van der Waals surface area contributed by atoms with Crippen molar-refractivity contribution in [3.8, 4) is 0 Å². The first-order valence-electron chi connectivity index (χ1n) is 1.75. The zero-order valence-corrected chi connectivity index (χ0v) is 5.43. The number of halogens is 5. The molecule has 0 saturated carbocycles. The average Bonchev–Trinajstić information content (AvgIpc) is 1.62. The van der Waals surface area contributed by atoms with E-state index in [-0.39, 0.29) is 0 Å². The lowest BCUT2D eigenvalue weighted by Crippen LogP contribution is -2.32. The third-order valence-electron chi connectivity index (χ3n) is 0.491. The van der Waals surface area contributed by atoms with Gasteiger partial charge in [0, 0.05) is 0 Å². The fourth-order valence-electron chi connectivity index (χ4n) is 0.0875. The normalized spacial score (nSPS) is 16.1. The van der Waals surface area contributed by atoms with Gasteiger partial charge in [0.1, 0.15) is 0 Å². The van der Waals surface area contributed by atoms with Crippen LogP contribution in [0.25, 0.3) is 0 Å². The topological polar surface area (TPSA) is 0 Å². The van der Waals surface area contributed by atoms with E-state index in [1.54, 1.807) is 0 Å². The molecule has 0 rings (SSSR count). The van der Waals surface area contributed by atoms with Crippen molar-refractivity contribution in [3.05, 3.63) is 0 Å². The molecular weight excluding hydrogens is 164 g/mol. The lowest BCUT2D eigenvalue weighted by atomic mass is 10.9. The van der Waals surface area contributed by atoms with Crippen molar-refractivity contribution in [3.63, 3.8) is 0 Å². The molecule has 0 saturated heterocycles. The van der Waals surface area contributed by atoms with Gasteiger partial charge >= 0.3 is 9.08 Å². The molecule has 0 aliphatic heterocycles. The van der Waals surface area contributed by atoms with Crippen molar-refractivity contribution in [2.24, 2.45) is 0 Å². The average molecular weight is 167 g/mol. The molecule has 0 bridgehead atoms. The summed E-state index contributed by atoms with van der Waals surface area (Å²) in [5.74, 6) is -3.71. The second-order valence-corrected chi connectivity index (χ2v) is 3.18. The van der Waals surface area contributed by atoms with Gasteiger partial charge in [0.05, 0.1) is 5.88 Å². The minimum atomic E-state index is -6.06. The summed E-state index contributed by atoms with van der Waals surface area (Å²) in [4.78, 5) is 0. The van der Waals surface area contributed by atoms with Crippen LogP contribution in [0.15, 0.2) is 0 Å². The Bertz CT molecular complexity index is 70.9. The van der Waals surface area contributed by atoms with Gasteiger partial charge in [0.2, 0.25) is 0 Å². The van der Waals surface area contributed by atoms with E-state index in [2.05, 4.69) is 11.6 Å². The van der Waals surface area contributed by atoms with Crippen LogP contribution in [-0.4, -0.2) is 20.8 Å². The second-order valence-electron chi connectivity index (χ2n) is 1.16. The highest BCUT2D eigenvalue weighted by molar-refractivity contribution is 6.60. The van der Waals surface area contributed by atoms with E-state index in [0.717, 1.165) is 0 Å². The molecule has 0 aromatic rings. The SMILES string of the molecule is FC(CCl)[Si](F)(F)F. The van der Waals surface area contributed by atoms with Crippen LogP contribution in [0, 0.1) is 0 Å². The van der Waals surface area contributed by atoms with Crippen LogP contribution in [0.4, 0.5) is 16.7 Å². The van der Waals surface area contributed by atoms with Crippen molar-refractivity contribution in [2.45, 2.75) is 5.79 Å². The fourth-order valence-corrected chi connectivity index (χ4v) is 0.787. The Morgan fingerprint density at radius 2 is 1.75 bits per heavy atom. The summed E-state index contributed by atoms with van der Waals surface area (Å²) in [7, 11) is -6.06. The summed E-state index contributed by atoms with van der Waals surface area (Å²) in [5.41, 5.74) is 0. The molecule has 0 aliphatic carbocycles. The van der Waals surface area contributed by atoms with Crippen LogP contribution < -0.4 is 0 Å². The molecular formula is C2H3ClF4Si. The Morgan fingerprint density at radius 3 is 1.75 bits per heavy atom. The first kappa shape index (κ1) is 8.23. The first-order chi connectivity index (χ1) is 3.48. The minimum Gasteiger partial charge on any atom is -0.241 e. The van der Waals surface area contributed by atoms with E-state index in [9.17, 15) is 16.7 Å². The van der Waals surface area contributed by atoms with E-state index < -0.39 is 20.8 Å². The molecule has 0 spiro atoms. The largest absolute Gasteiger partial charge is 0.653 e. The van der Waals surface area contributed by atoms with Gasteiger partial charge in [-0.3, -0.25) is 0 Å². The molecule has 6 heteroatoms. The van der Waals surface area contributed by atoms with Crippen LogP contribution in [0.3, 0.4) is 0 Å². The lowest BCUT2D eigenvalue weighted by molar-refractivity contribution is 0.337. The number of rotatable bonds is 2. The van der Waals surface area contributed by atoms with Crippen molar-refractivity contribution in [1.29, 1.82) is 0 Å². The highest BCUT2D eigenvalue weighted by atomic mass is 35.5. The zero-order valence-electron chi connectivity index (χ0n) is 3.67. The minimum absolute atomic E-state index is 0.963. The Labute approximate surface area is 50.0 Å². The molecule has 0 aliphatic rings. The maximum absolute atomic E-state index is 11.4. The monoisotopic (exact) mass is 166 g/mol. The van der Waals surface area contributed by atoms with Gasteiger partial charge in [-0.1, -0.05) is 0 Å². The van der Waals surface area contributed by atoms with Crippen molar-refractivity contribution in [2.75, 3.05) is 5.88 Å². The molecule has 0 fully saturated rings. The summed E-state index contributed by atoms with van der Waals surface area (Å²) in [5, 5.41) is 0. The van der Waals surface area contributed by atoms with Crippen LogP contribution in [0.1, 0.15) is 0 Å². The smallest absolute Gasteiger partial charge is 0.241 e. The first-order valence-corrected chi connectivity index (χ1v) is 4.00. The Kier molecular flexibility index (Phi) is 2.76. The van der Waals surface area contributed by atoms with Crippen LogP contribution in [0.2, 0.25) is 0 Å². The predicted octanol–water partition coefficient (Wildman–Crippen LogP) is 1.95. The molecule has 0 aromatic heterocycles. The second kappa shape index (κ2) is 2.68. The maximum Gasteiger partial charge on any atom is 0.653 e. The van der Waals surface area contributed by atoms with Gasteiger partial charge in [0.25, 0.3) is 0 Å². The molecule has 1 unspecified atom stereocenters. The van der Waals surface area contributed by atoms with Gasteiger partial charge in [-0.05, 0) is 0 Å². The summed E-state index contributed by atoms with van der Waals surface area (Å²) in [6.07, 6.45) is 0. The van der Waals surface area contributed by atoms with Gasteiger partial charge in [-0.2, -0.15) is 0 Å². The summed E-state index contributed by atoms with van der Waals surface area (Å²) >= 11 is 4.58. The third-order valence-corrected chi connectivity index (χ3v) is 1.93. The standard InChI is InChI=1S/C2H3ClF4Si/c3-1-2(4)8(5,6)7/h2H,1H2. The van der Waals surface area contributed by atoms with Crippen LogP contribution in [-0.2, 0) is 0 Å². The van der Waals surface area contributed by atoms with E-state index >= 15 is 0 Å². The summed E-state index contributed by atoms with van der Waals surface area (Å²) < 4.78 is 44.8. The Morgan fingerprint density at radius 1 is 1.38 bits per heavy atom. The highest BCUT2D eigenvalue weighted by Crippen LogP contribution is 2.17. The molecule has 0 radical (unpaired) electrons. The maximum atomic E-state index is 11.4. The van der Waals surface area contributed by atoms with Gasteiger partial charge < -0.3 is 0 Å². The van der Waals surface area contributed by atoms with E-state index in [0.29, 0.717) is 0 Å². The molecule has 0 amide bonds. The van der Waals surface area contributed by atoms with Crippen molar-refractivity contribution in [1.82, 2.24) is 0 Å². The molecule has 50 valence electrons. The summed E-state index contributed by atoms with van der Waals surface area (Å²) in [6, 6.07) is 0. The van der Waals surface area contributed by atoms with Gasteiger partial charge in [0.15, 0.2) is 5.79 Å². The van der Waals surface area contributed by atoms with E-state index in [4.69, 9.17) is 0 Å². The molecule has 0 aromatic carbocycles. The van der Waals surface area contributed by atoms with Crippen molar-refractivity contribution < 1.29 is 16.7 Å². The number of hydrogen-bond acceptors (Lipinski definition) is 0. The van der Waals surface area contributed by atoms with Crippen LogP contribution in [0.5, 0.6) is 0 Å². The molecule has 0 nitrogen and oxygen atoms in total. The number of hydrogen-bond donors (Lipinski definition) is 0. The zero-order chi connectivity index (χ0) is 6.78. The third kappa shape index (κ3) is 2.51. The van der Waals surface area contributed by atoms with Crippen LogP contribution >= 0.6 is 11.6 Å². The fraction of sp³-hybridized carbons (Fsp3) is 1.00. The molecule has 8 heavy (non-hydrogen) atoms. The Hall–Kier alpha value is 0.227. The predicted molar refractivity (Wildman–Crippen MR) is 24.7 cm³/mol. The number of alkyl halides is 2. The van der Waals surface area contributed by atoms with E-state index in [1.807, 2.05) is 0 Å². The lowest BCUT2D eigenvalue weighted by Gasteiger charge is -2.02. The van der Waals surface area contributed by atoms with Gasteiger partial charge in [-0.15, -0.1) is 11.6 Å². The molecule has 1 atom stereocenters. The summed E-state index contributed by atoms with van der Waals surface area (Å²) in [6.45, 7) is 0. The Balaban J connectivity index is 3.62. The highest BCUT2D eigenvalue weighted by Gasteiger charge is 2.47. The molecule has 0 N–H and O–H groups in total. The molecule has 0 heterocycles.